The molecular formula is C36H37F3N4O5S4. The van der Waals surface area contributed by atoms with E-state index in [9.17, 15) is 36.3 Å². The predicted octanol–water partition coefficient (Wildman–Crippen LogP) is 5.76. The second-order valence-electron chi connectivity index (χ2n) is 13.0. The van der Waals surface area contributed by atoms with Gasteiger partial charge >= 0.3 is 15.5 Å². The number of sulfonamides is 1. The molecule has 0 saturated heterocycles. The van der Waals surface area contributed by atoms with Crippen LogP contribution in [0, 0.1) is 5.41 Å². The minimum atomic E-state index is -5.45. The van der Waals surface area contributed by atoms with Crippen molar-refractivity contribution in [1.82, 2.24) is 10.0 Å². The van der Waals surface area contributed by atoms with Crippen molar-refractivity contribution in [2.45, 2.75) is 56.5 Å². The molecule has 1 amide bonds. The Balaban J connectivity index is 1.38. The molecule has 1 aliphatic carbocycles. The number of halogens is 3. The molecular weight excluding hydrogens is 754 g/mol. The van der Waals surface area contributed by atoms with E-state index in [2.05, 4.69) is 36.2 Å². The second-order valence-corrected chi connectivity index (χ2v) is 17.2. The molecule has 2 heterocycles. The molecule has 1 aliphatic heterocycles. The van der Waals surface area contributed by atoms with E-state index in [0.717, 1.165) is 60.4 Å². The Kier molecular flexibility index (Phi) is 12.5. The van der Waals surface area contributed by atoms with E-state index in [1.807, 2.05) is 60.7 Å². The number of nitrogens with zero attached hydrogens (tertiary/aromatic N) is 2. The number of carbonyl (C=O) groups excluding carboxylic acids is 2. The minimum absolute atomic E-state index is 0.00619. The van der Waals surface area contributed by atoms with E-state index in [1.54, 1.807) is 26.4 Å². The molecule has 1 aromatic heterocycles. The van der Waals surface area contributed by atoms with Gasteiger partial charge in [-0.1, -0.05) is 85.6 Å². The molecule has 0 bridgehead atoms. The number of thiazole rings is 1. The largest absolute Gasteiger partial charge is 0.550 e. The number of alkyl halides is 3. The minimum Gasteiger partial charge on any atom is -0.550 e. The highest BCUT2D eigenvalue weighted by Gasteiger charge is 2.45. The first-order valence-electron chi connectivity index (χ1n) is 16.3. The fourth-order valence-electron chi connectivity index (χ4n) is 6.04. The number of benzene rings is 2. The van der Waals surface area contributed by atoms with Crippen molar-refractivity contribution in [1.29, 1.82) is 0 Å². The molecule has 0 unspecified atom stereocenters. The highest BCUT2D eigenvalue weighted by Crippen LogP contribution is 2.48. The Morgan fingerprint density at radius 3 is 2.62 bits per heavy atom. The zero-order valence-electron chi connectivity index (χ0n) is 28.4. The first-order chi connectivity index (χ1) is 24.5. The van der Waals surface area contributed by atoms with Crippen molar-refractivity contribution in [2.75, 3.05) is 24.5 Å². The molecule has 3 aromatic rings. The number of aromatic nitrogens is 1. The van der Waals surface area contributed by atoms with Crippen molar-refractivity contribution in [3.05, 3.63) is 93.5 Å². The van der Waals surface area contributed by atoms with Crippen LogP contribution >= 0.6 is 35.3 Å². The number of thioether (sulfide) groups is 1. The number of para-hydroxylation sites is 1. The lowest BCUT2D eigenvalue weighted by Gasteiger charge is -2.31. The van der Waals surface area contributed by atoms with Crippen LogP contribution in [0.1, 0.15) is 50.1 Å². The smallest absolute Gasteiger partial charge is 0.511 e. The highest BCUT2D eigenvalue weighted by atomic mass is 32.2. The molecule has 9 nitrogen and oxygen atoms in total. The highest BCUT2D eigenvalue weighted by molar-refractivity contribution is 8.03. The number of anilines is 1. The number of carboxylic acids is 1. The van der Waals surface area contributed by atoms with Gasteiger partial charge in [-0.3, -0.25) is 4.79 Å². The fraction of sp³-hybridized carbons (Fsp3) is 0.333. The molecule has 2 N–H and O–H groups in total. The van der Waals surface area contributed by atoms with Gasteiger partial charge in [0.2, 0.25) is 11.4 Å². The molecule has 276 valence electrons. The van der Waals surface area contributed by atoms with Crippen LogP contribution in [-0.2, 0) is 26.2 Å². The van der Waals surface area contributed by atoms with E-state index >= 15 is 0 Å². The van der Waals surface area contributed by atoms with Crippen LogP contribution in [0.2, 0.25) is 0 Å². The Hall–Kier alpha value is -3.83. The number of carboxylic acid groups (broad SMARTS) is 1. The Bertz CT molecular complexity index is 2100. The first kappa shape index (κ1) is 39.4. The van der Waals surface area contributed by atoms with Crippen LogP contribution < -0.4 is 24.6 Å². The van der Waals surface area contributed by atoms with E-state index in [-0.39, 0.29) is 30.7 Å². The van der Waals surface area contributed by atoms with Gasteiger partial charge in [-0.2, -0.15) is 17.7 Å². The van der Waals surface area contributed by atoms with Gasteiger partial charge in [0.15, 0.2) is 6.54 Å². The number of rotatable bonds is 14. The van der Waals surface area contributed by atoms with E-state index in [0.29, 0.717) is 13.1 Å². The molecule has 16 heteroatoms. The normalized spacial score (nSPS) is 17.6. The van der Waals surface area contributed by atoms with Gasteiger partial charge in [-0.05, 0) is 65.7 Å². The number of fused-ring (bicyclic) bond motifs is 2. The molecule has 0 fully saturated rings. The number of carbonyl (C=O) groups is 2. The molecule has 2 aromatic carbocycles. The van der Waals surface area contributed by atoms with E-state index in [4.69, 9.17) is 12.2 Å². The van der Waals surface area contributed by atoms with Crippen molar-refractivity contribution < 1.29 is 40.9 Å². The van der Waals surface area contributed by atoms with Gasteiger partial charge in [0.25, 0.3) is 5.01 Å². The number of aliphatic carboxylic acids is 1. The monoisotopic (exact) mass is 790 g/mol. The van der Waals surface area contributed by atoms with E-state index < -0.39 is 28.0 Å². The zero-order chi connectivity index (χ0) is 37.7. The van der Waals surface area contributed by atoms with Crippen molar-refractivity contribution in [3.8, 4) is 0 Å². The molecule has 52 heavy (non-hydrogen) atoms. The number of hydrogen-bond donors (Lipinski definition) is 2. The first-order valence-corrected chi connectivity index (χ1v) is 19.9. The molecule has 0 radical (unpaired) electrons. The van der Waals surface area contributed by atoms with Gasteiger partial charge in [0.1, 0.15) is 4.70 Å². The zero-order valence-corrected chi connectivity index (χ0v) is 31.6. The molecule has 0 saturated carbocycles. The maximum atomic E-state index is 12.9. The summed E-state index contributed by atoms with van der Waals surface area (Å²) in [6, 6.07) is 13.4. The average Bonchev–Trinajstić information content (AvgIpc) is 3.59. The summed E-state index contributed by atoms with van der Waals surface area (Å²) in [6.07, 6.45) is 11.2. The van der Waals surface area contributed by atoms with Crippen LogP contribution in [0.4, 0.5) is 18.9 Å². The third kappa shape index (κ3) is 9.98. The van der Waals surface area contributed by atoms with Crippen LogP contribution in [0.3, 0.4) is 0 Å². The number of hydrogen-bond acceptors (Lipinski definition) is 9. The van der Waals surface area contributed by atoms with Gasteiger partial charge < -0.3 is 20.1 Å². The summed E-state index contributed by atoms with van der Waals surface area (Å²) in [4.78, 5) is 26.1. The van der Waals surface area contributed by atoms with Crippen LogP contribution in [0.15, 0.2) is 87.8 Å². The summed E-state index contributed by atoms with van der Waals surface area (Å²) in [5.41, 5.74) is -0.614. The second kappa shape index (κ2) is 16.5. The third-order valence-corrected chi connectivity index (χ3v) is 12.0. The van der Waals surface area contributed by atoms with Gasteiger partial charge in [0.05, 0.1) is 17.3 Å². The van der Waals surface area contributed by atoms with Gasteiger partial charge in [-0.25, -0.2) is 13.1 Å². The summed E-state index contributed by atoms with van der Waals surface area (Å²) in [5.74, 6) is -1.63. The SMILES string of the molecule is CC1(C)CC(/C=C2\Sc3ccc(C=S)cc3N2CCNC(=O)CCC(=O)[O-])=CC(=C/C=C/c2sc3ccccc3[n+]2CCNS(=O)(=O)C(F)(F)F)/C1. The van der Waals surface area contributed by atoms with Crippen LogP contribution in [0.25, 0.3) is 16.3 Å². The lowest BCUT2D eigenvalue weighted by molar-refractivity contribution is -0.666. The number of amides is 1. The summed E-state index contributed by atoms with van der Waals surface area (Å²) in [5, 5.41) is 16.9. The average molecular weight is 791 g/mol. The summed E-state index contributed by atoms with van der Waals surface area (Å²) in [7, 11) is -5.45. The number of nitrogens with one attached hydrogen (secondary N) is 2. The lowest BCUT2D eigenvalue weighted by Crippen LogP contribution is -2.44. The third-order valence-electron chi connectivity index (χ3n) is 8.27. The number of allylic oxidation sites excluding steroid dienone is 6. The van der Waals surface area contributed by atoms with Gasteiger partial charge in [-0.15, -0.1) is 0 Å². The summed E-state index contributed by atoms with van der Waals surface area (Å²) in [6.45, 7) is 4.73. The predicted molar refractivity (Wildman–Crippen MR) is 201 cm³/mol. The topological polar surface area (TPSA) is 123 Å². The lowest BCUT2D eigenvalue weighted by atomic mass is 9.75. The van der Waals surface area contributed by atoms with Crippen molar-refractivity contribution >= 4 is 84.6 Å². The van der Waals surface area contributed by atoms with Crippen LogP contribution in [0.5, 0.6) is 0 Å². The van der Waals surface area contributed by atoms with Crippen molar-refractivity contribution in [2.24, 2.45) is 5.41 Å². The van der Waals surface area contributed by atoms with Crippen molar-refractivity contribution in [3.63, 3.8) is 0 Å². The summed E-state index contributed by atoms with van der Waals surface area (Å²) < 4.78 is 66.1. The molecule has 5 rings (SSSR count). The Morgan fingerprint density at radius 2 is 1.88 bits per heavy atom. The maximum absolute atomic E-state index is 12.9. The fourth-order valence-corrected chi connectivity index (χ4v) is 8.96. The van der Waals surface area contributed by atoms with Crippen LogP contribution in [-0.4, -0.2) is 50.8 Å². The molecule has 0 atom stereocenters. The maximum Gasteiger partial charge on any atom is 0.511 e. The molecule has 2 aliphatic rings. The quantitative estimate of drug-likeness (QED) is 0.156. The number of thiocarbonyl (C=S) groups is 1. The molecule has 0 spiro atoms. The Labute approximate surface area is 314 Å². The summed E-state index contributed by atoms with van der Waals surface area (Å²) >= 11 is 8.25. The Morgan fingerprint density at radius 1 is 1.12 bits per heavy atom. The van der Waals surface area contributed by atoms with Gasteiger partial charge in [0, 0.05) is 47.9 Å². The standard InChI is InChI=1S/C36H37F3N4O5S4/c1-35(2)21-24(6-5-9-32-42(27-7-3-4-8-29(27)50-32)17-15-41-52(47,48)36(37,38)39)18-26(22-35)20-33-43(16-14-40-31(44)12-13-34(45)46)28-19-25(23-49)10-11-30(28)51-33/h3-11,18-20,23,41H,12-17,21-22H2,1-2H3,(H-,40,44,45,46). The van der Waals surface area contributed by atoms with E-state index in [1.165, 1.54) is 11.3 Å².